The van der Waals surface area contributed by atoms with Crippen molar-refractivity contribution in [3.63, 3.8) is 0 Å². The molecule has 210 valence electrons. The van der Waals surface area contributed by atoms with Crippen molar-refractivity contribution in [1.82, 2.24) is 4.90 Å². The van der Waals surface area contributed by atoms with Crippen molar-refractivity contribution >= 4 is 44.3 Å². The van der Waals surface area contributed by atoms with Gasteiger partial charge in [0.2, 0.25) is 0 Å². The molecule has 0 radical (unpaired) electrons. The Labute approximate surface area is 242 Å². The van der Waals surface area contributed by atoms with Crippen molar-refractivity contribution in [1.29, 1.82) is 0 Å². The number of fused-ring (bicyclic) bond motifs is 1. The van der Waals surface area contributed by atoms with E-state index in [9.17, 15) is 13.2 Å². The SMILES string of the molecule is CCN(Cc1ccc(N/C(=C2\C(=O)Nc3ccc(S(=O)(=O)Nc4ccccc4)cc32)c2ccccc2)cc1)C(C)C. The second-order valence-corrected chi connectivity index (χ2v) is 11.9. The molecule has 3 N–H and O–H groups in total. The van der Waals surface area contributed by atoms with Gasteiger partial charge in [0, 0.05) is 35.2 Å². The number of hydrogen-bond acceptors (Lipinski definition) is 5. The van der Waals surface area contributed by atoms with Gasteiger partial charge >= 0.3 is 0 Å². The molecule has 1 amide bonds. The number of carbonyl (C=O) groups excluding carboxylic acids is 1. The van der Waals surface area contributed by atoms with Crippen LogP contribution >= 0.6 is 0 Å². The summed E-state index contributed by atoms with van der Waals surface area (Å²) in [5, 5.41) is 6.37. The molecule has 41 heavy (non-hydrogen) atoms. The maximum atomic E-state index is 13.4. The molecule has 0 bridgehead atoms. The Morgan fingerprint density at radius 2 is 1.51 bits per heavy atom. The van der Waals surface area contributed by atoms with E-state index < -0.39 is 10.0 Å². The molecule has 1 aliphatic rings. The smallest absolute Gasteiger partial charge is 0.261 e. The van der Waals surface area contributed by atoms with Crippen LogP contribution in [0.5, 0.6) is 0 Å². The van der Waals surface area contributed by atoms with E-state index in [-0.39, 0.29) is 10.8 Å². The monoisotopic (exact) mass is 566 g/mol. The Morgan fingerprint density at radius 1 is 0.854 bits per heavy atom. The van der Waals surface area contributed by atoms with Crippen molar-refractivity contribution in [3.05, 3.63) is 120 Å². The van der Waals surface area contributed by atoms with E-state index in [4.69, 9.17) is 0 Å². The van der Waals surface area contributed by atoms with E-state index in [1.807, 2.05) is 48.5 Å². The lowest BCUT2D eigenvalue weighted by Crippen LogP contribution is -2.29. The van der Waals surface area contributed by atoms with Crippen molar-refractivity contribution in [2.45, 2.75) is 38.3 Å². The van der Waals surface area contributed by atoms with Crippen LogP contribution in [-0.2, 0) is 21.4 Å². The van der Waals surface area contributed by atoms with E-state index in [2.05, 4.69) is 53.2 Å². The topological polar surface area (TPSA) is 90.5 Å². The molecule has 8 heteroatoms. The van der Waals surface area contributed by atoms with Gasteiger partial charge in [0.1, 0.15) is 0 Å². The van der Waals surface area contributed by atoms with E-state index >= 15 is 0 Å². The highest BCUT2D eigenvalue weighted by Crippen LogP contribution is 2.39. The molecule has 0 spiro atoms. The van der Waals surface area contributed by atoms with Crippen LogP contribution in [0.15, 0.2) is 108 Å². The minimum atomic E-state index is -3.88. The summed E-state index contributed by atoms with van der Waals surface area (Å²) in [7, 11) is -3.88. The maximum absolute atomic E-state index is 13.4. The van der Waals surface area contributed by atoms with Gasteiger partial charge in [0.25, 0.3) is 15.9 Å². The lowest BCUT2D eigenvalue weighted by atomic mass is 10.00. The number of amides is 1. The first-order valence-corrected chi connectivity index (χ1v) is 15.2. The van der Waals surface area contributed by atoms with Gasteiger partial charge in [0.05, 0.1) is 16.2 Å². The Morgan fingerprint density at radius 3 is 2.15 bits per heavy atom. The van der Waals surface area contributed by atoms with Gasteiger partial charge in [-0.2, -0.15) is 0 Å². The molecular weight excluding hydrogens is 532 g/mol. The fourth-order valence-corrected chi connectivity index (χ4v) is 5.98. The first-order chi connectivity index (χ1) is 19.7. The minimum absolute atomic E-state index is 0.0662. The number of sulfonamides is 1. The summed E-state index contributed by atoms with van der Waals surface area (Å²) in [5.74, 6) is -0.302. The van der Waals surface area contributed by atoms with Crippen LogP contribution in [0.3, 0.4) is 0 Å². The zero-order valence-electron chi connectivity index (χ0n) is 23.4. The molecule has 0 aliphatic carbocycles. The number of nitrogens with one attached hydrogen (secondary N) is 3. The quantitative estimate of drug-likeness (QED) is 0.187. The summed E-state index contributed by atoms with van der Waals surface area (Å²) in [6.45, 7) is 8.36. The van der Waals surface area contributed by atoms with Crippen LogP contribution < -0.4 is 15.4 Å². The number of rotatable bonds is 10. The van der Waals surface area contributed by atoms with Crippen molar-refractivity contribution in [2.75, 3.05) is 21.9 Å². The molecule has 0 atom stereocenters. The second kappa shape index (κ2) is 12.0. The fourth-order valence-electron chi connectivity index (χ4n) is 4.90. The molecule has 7 nitrogen and oxygen atoms in total. The number of nitrogens with zero attached hydrogens (tertiary/aromatic N) is 1. The van der Waals surface area contributed by atoms with E-state index in [1.165, 1.54) is 11.6 Å². The molecule has 1 heterocycles. The van der Waals surface area contributed by atoms with E-state index in [0.717, 1.165) is 24.3 Å². The average molecular weight is 567 g/mol. The number of benzene rings is 4. The highest BCUT2D eigenvalue weighted by atomic mass is 32.2. The molecule has 4 aromatic rings. The van der Waals surface area contributed by atoms with Crippen LogP contribution in [0.1, 0.15) is 37.5 Å². The second-order valence-electron chi connectivity index (χ2n) is 10.2. The van der Waals surface area contributed by atoms with Gasteiger partial charge in [-0.3, -0.25) is 14.4 Å². The van der Waals surface area contributed by atoms with Crippen molar-refractivity contribution in [3.8, 4) is 0 Å². The zero-order valence-corrected chi connectivity index (χ0v) is 24.2. The number of anilines is 3. The third-order valence-corrected chi connectivity index (χ3v) is 8.51. The van der Waals surface area contributed by atoms with E-state index in [1.54, 1.807) is 36.4 Å². The Balaban J connectivity index is 1.53. The zero-order chi connectivity index (χ0) is 29.0. The molecule has 5 rings (SSSR count). The highest BCUT2D eigenvalue weighted by Gasteiger charge is 2.30. The Kier molecular flexibility index (Phi) is 8.23. The Bertz CT molecular complexity index is 1670. The fraction of sp³-hybridized carbons (Fsp3) is 0.182. The summed E-state index contributed by atoms with van der Waals surface area (Å²) in [6, 6.07) is 31.6. The van der Waals surface area contributed by atoms with Gasteiger partial charge in [-0.05, 0) is 74.0 Å². The van der Waals surface area contributed by atoms with Crippen LogP contribution in [0, 0.1) is 0 Å². The summed E-state index contributed by atoms with van der Waals surface area (Å²) < 4.78 is 29.1. The lowest BCUT2D eigenvalue weighted by molar-refractivity contribution is -0.110. The molecule has 4 aromatic carbocycles. The molecule has 1 aliphatic heterocycles. The lowest BCUT2D eigenvalue weighted by Gasteiger charge is -2.24. The molecule has 0 fully saturated rings. The summed E-state index contributed by atoms with van der Waals surface area (Å²) in [5.41, 5.74) is 5.34. The summed E-state index contributed by atoms with van der Waals surface area (Å²) in [6.07, 6.45) is 0. The normalized spacial score (nSPS) is 14.1. The molecule has 0 saturated carbocycles. The summed E-state index contributed by atoms with van der Waals surface area (Å²) in [4.78, 5) is 15.8. The van der Waals surface area contributed by atoms with Crippen molar-refractivity contribution in [2.24, 2.45) is 0 Å². The largest absolute Gasteiger partial charge is 0.354 e. The minimum Gasteiger partial charge on any atom is -0.354 e. The summed E-state index contributed by atoms with van der Waals surface area (Å²) >= 11 is 0. The van der Waals surface area contributed by atoms with Crippen LogP contribution in [0.2, 0.25) is 0 Å². The Hall–Kier alpha value is -4.40. The van der Waals surface area contributed by atoms with Crippen LogP contribution in [0.4, 0.5) is 17.1 Å². The van der Waals surface area contributed by atoms with Crippen LogP contribution in [-0.4, -0.2) is 31.8 Å². The predicted molar refractivity (Wildman–Crippen MR) is 167 cm³/mol. The van der Waals surface area contributed by atoms with Crippen molar-refractivity contribution < 1.29 is 13.2 Å². The van der Waals surface area contributed by atoms with Gasteiger partial charge < -0.3 is 10.6 Å². The first kappa shape index (κ1) is 28.1. The molecule has 0 saturated heterocycles. The van der Waals surface area contributed by atoms with Gasteiger partial charge in [0.15, 0.2) is 0 Å². The standard InChI is InChI=1S/C33H34N4O3S/c1-4-37(23(2)3)22-24-15-17-26(18-16-24)34-32(25-11-7-5-8-12-25)31-29-21-28(19-20-30(29)35-33(31)38)41(39,40)36-27-13-9-6-10-14-27/h5-21,23,34,36H,4,22H2,1-3H3,(H,35,38)/b32-31-. The number of para-hydroxylation sites is 1. The van der Waals surface area contributed by atoms with Crippen LogP contribution in [0.25, 0.3) is 11.3 Å². The molecule has 0 unspecified atom stereocenters. The van der Waals surface area contributed by atoms with Gasteiger partial charge in [-0.25, -0.2) is 8.42 Å². The number of carbonyl (C=O) groups is 1. The average Bonchev–Trinajstić information content (AvgIpc) is 3.30. The molecular formula is C33H34N4O3S. The third-order valence-electron chi connectivity index (χ3n) is 7.13. The van der Waals surface area contributed by atoms with E-state index in [0.29, 0.717) is 34.3 Å². The molecule has 0 aromatic heterocycles. The first-order valence-electron chi connectivity index (χ1n) is 13.7. The predicted octanol–water partition coefficient (Wildman–Crippen LogP) is 6.65. The van der Waals surface area contributed by atoms with Gasteiger partial charge in [-0.15, -0.1) is 0 Å². The highest BCUT2D eigenvalue weighted by molar-refractivity contribution is 7.92. The third kappa shape index (κ3) is 6.34. The maximum Gasteiger partial charge on any atom is 0.261 e. The van der Waals surface area contributed by atoms with Gasteiger partial charge in [-0.1, -0.05) is 67.6 Å². The number of hydrogen-bond donors (Lipinski definition) is 3.